The summed E-state index contributed by atoms with van der Waals surface area (Å²) in [4.78, 5) is 19.1. The number of aliphatic imine (C=N–C) groups is 1. The molecule has 1 amide bonds. The zero-order chi connectivity index (χ0) is 21.2. The smallest absolute Gasteiger partial charge is 0.223 e. The van der Waals surface area contributed by atoms with E-state index in [1.54, 1.807) is 0 Å². The fourth-order valence-electron chi connectivity index (χ4n) is 3.86. The summed E-state index contributed by atoms with van der Waals surface area (Å²) in [7, 11) is 0. The van der Waals surface area contributed by atoms with Crippen molar-refractivity contribution in [2.75, 3.05) is 32.7 Å². The maximum atomic E-state index is 12.4. The Morgan fingerprint density at radius 1 is 1.07 bits per heavy atom. The summed E-state index contributed by atoms with van der Waals surface area (Å²) in [5.74, 6) is 1.38. The highest BCUT2D eigenvalue weighted by Crippen LogP contribution is 2.18. The van der Waals surface area contributed by atoms with E-state index in [4.69, 9.17) is 4.99 Å². The minimum atomic E-state index is 0.253. The van der Waals surface area contributed by atoms with Crippen molar-refractivity contribution in [3.05, 3.63) is 71.3 Å². The third-order valence-electron chi connectivity index (χ3n) is 5.45. The summed E-state index contributed by atoms with van der Waals surface area (Å²) >= 11 is 0. The molecule has 1 saturated heterocycles. The van der Waals surface area contributed by atoms with Crippen LogP contribution in [0, 0.1) is 12.8 Å². The molecular formula is C25H34N4O. The molecule has 5 heteroatoms. The van der Waals surface area contributed by atoms with Crippen molar-refractivity contribution >= 4 is 11.9 Å². The number of aryl methyl sites for hydroxylation is 1. The Morgan fingerprint density at radius 3 is 2.63 bits per heavy atom. The van der Waals surface area contributed by atoms with Crippen LogP contribution in [0.5, 0.6) is 0 Å². The van der Waals surface area contributed by atoms with Gasteiger partial charge in [-0.05, 0) is 37.8 Å². The molecule has 0 bridgehead atoms. The molecule has 1 heterocycles. The lowest BCUT2D eigenvalue weighted by molar-refractivity contribution is -0.127. The van der Waals surface area contributed by atoms with E-state index >= 15 is 0 Å². The molecule has 1 aliphatic rings. The molecule has 1 fully saturated rings. The quantitative estimate of drug-likeness (QED) is 0.497. The van der Waals surface area contributed by atoms with E-state index in [1.807, 2.05) is 23.1 Å². The predicted octanol–water partition coefficient (Wildman–Crippen LogP) is 3.18. The van der Waals surface area contributed by atoms with Crippen LogP contribution < -0.4 is 10.6 Å². The molecule has 2 aromatic rings. The maximum Gasteiger partial charge on any atom is 0.223 e. The van der Waals surface area contributed by atoms with Crippen LogP contribution in [-0.2, 0) is 17.6 Å². The molecule has 0 spiro atoms. The van der Waals surface area contributed by atoms with Crippen molar-refractivity contribution < 1.29 is 4.79 Å². The van der Waals surface area contributed by atoms with Gasteiger partial charge in [-0.1, -0.05) is 60.2 Å². The lowest BCUT2D eigenvalue weighted by atomic mass is 10.1. The van der Waals surface area contributed by atoms with Gasteiger partial charge in [0.2, 0.25) is 5.91 Å². The number of nitrogens with zero attached hydrogens (tertiary/aromatic N) is 2. The Bertz CT molecular complexity index is 834. The molecule has 2 N–H and O–H groups in total. The van der Waals surface area contributed by atoms with E-state index in [9.17, 15) is 4.79 Å². The van der Waals surface area contributed by atoms with Crippen LogP contribution in [0.15, 0.2) is 59.6 Å². The first kappa shape index (κ1) is 21.9. The second-order valence-electron chi connectivity index (χ2n) is 8.03. The number of nitrogens with one attached hydrogen (secondary N) is 2. The molecule has 1 unspecified atom stereocenters. The number of carbonyl (C=O) groups is 1. The summed E-state index contributed by atoms with van der Waals surface area (Å²) < 4.78 is 0. The van der Waals surface area contributed by atoms with Gasteiger partial charge in [-0.15, -0.1) is 0 Å². The van der Waals surface area contributed by atoms with Crippen molar-refractivity contribution in [1.82, 2.24) is 15.5 Å². The Morgan fingerprint density at radius 2 is 1.87 bits per heavy atom. The van der Waals surface area contributed by atoms with E-state index in [0.29, 0.717) is 18.9 Å². The first-order chi connectivity index (χ1) is 14.6. The molecule has 0 saturated carbocycles. The van der Waals surface area contributed by atoms with Crippen LogP contribution in [-0.4, -0.2) is 49.5 Å². The van der Waals surface area contributed by atoms with Gasteiger partial charge in [-0.25, -0.2) is 0 Å². The number of hydrogen-bond acceptors (Lipinski definition) is 2. The fraction of sp³-hybridized carbons (Fsp3) is 0.440. The van der Waals surface area contributed by atoms with Gasteiger partial charge in [-0.2, -0.15) is 0 Å². The van der Waals surface area contributed by atoms with E-state index in [2.05, 4.69) is 60.9 Å². The summed E-state index contributed by atoms with van der Waals surface area (Å²) in [6.07, 6.45) is 2.47. The monoisotopic (exact) mass is 406 g/mol. The molecule has 5 nitrogen and oxygen atoms in total. The highest BCUT2D eigenvalue weighted by molar-refractivity contribution is 5.80. The van der Waals surface area contributed by atoms with Gasteiger partial charge < -0.3 is 15.5 Å². The van der Waals surface area contributed by atoms with Crippen LogP contribution in [0.2, 0.25) is 0 Å². The van der Waals surface area contributed by atoms with Crippen LogP contribution >= 0.6 is 0 Å². The molecule has 160 valence electrons. The number of benzene rings is 2. The number of hydrogen-bond donors (Lipinski definition) is 2. The average Bonchev–Trinajstić information content (AvgIpc) is 3.11. The third-order valence-corrected chi connectivity index (χ3v) is 5.45. The molecule has 0 aromatic heterocycles. The molecule has 1 atom stereocenters. The second kappa shape index (κ2) is 11.4. The van der Waals surface area contributed by atoms with Gasteiger partial charge in [0.05, 0.1) is 0 Å². The van der Waals surface area contributed by atoms with Gasteiger partial charge in [0.15, 0.2) is 5.96 Å². The molecule has 0 aliphatic carbocycles. The number of guanidine groups is 1. The Hall–Kier alpha value is -2.82. The van der Waals surface area contributed by atoms with Crippen LogP contribution in [0.4, 0.5) is 0 Å². The summed E-state index contributed by atoms with van der Waals surface area (Å²) in [6.45, 7) is 8.12. The van der Waals surface area contributed by atoms with Gasteiger partial charge in [0, 0.05) is 45.1 Å². The lowest BCUT2D eigenvalue weighted by Gasteiger charge is -2.16. The van der Waals surface area contributed by atoms with E-state index < -0.39 is 0 Å². The van der Waals surface area contributed by atoms with Crippen LogP contribution in [0.1, 0.15) is 30.0 Å². The lowest BCUT2D eigenvalue weighted by Crippen LogP contribution is -2.38. The van der Waals surface area contributed by atoms with Crippen LogP contribution in [0.25, 0.3) is 0 Å². The molecule has 0 radical (unpaired) electrons. The highest BCUT2D eigenvalue weighted by atomic mass is 16.2. The standard InChI is InChI=1S/C25H34N4O/c1-3-26-25(27-14-12-22-11-7-8-20(2)16-22)28-18-23-17-24(30)29(19-23)15-13-21-9-5-4-6-10-21/h4-11,16,23H,3,12-15,17-19H2,1-2H3,(H2,26,27,28). The Kier molecular flexibility index (Phi) is 8.30. The fourth-order valence-corrected chi connectivity index (χ4v) is 3.86. The largest absolute Gasteiger partial charge is 0.357 e. The second-order valence-corrected chi connectivity index (χ2v) is 8.03. The summed E-state index contributed by atoms with van der Waals surface area (Å²) in [5, 5.41) is 6.74. The zero-order valence-corrected chi connectivity index (χ0v) is 18.2. The van der Waals surface area contributed by atoms with Gasteiger partial charge in [-0.3, -0.25) is 9.79 Å². The predicted molar refractivity (Wildman–Crippen MR) is 124 cm³/mol. The van der Waals surface area contributed by atoms with Crippen molar-refractivity contribution in [2.45, 2.75) is 33.1 Å². The first-order valence-electron chi connectivity index (χ1n) is 11.0. The van der Waals surface area contributed by atoms with E-state index in [0.717, 1.165) is 45.0 Å². The molecule has 2 aromatic carbocycles. The minimum Gasteiger partial charge on any atom is -0.357 e. The Balaban J connectivity index is 1.45. The third kappa shape index (κ3) is 6.90. The van der Waals surface area contributed by atoms with Gasteiger partial charge in [0.25, 0.3) is 0 Å². The number of amides is 1. The minimum absolute atomic E-state index is 0.253. The SMILES string of the molecule is CCNC(=NCC1CC(=O)N(CCc2ccccc2)C1)NCCc1cccc(C)c1. The van der Waals surface area contributed by atoms with Crippen molar-refractivity contribution in [2.24, 2.45) is 10.9 Å². The number of carbonyl (C=O) groups excluding carboxylic acids is 1. The van der Waals surface area contributed by atoms with Crippen molar-refractivity contribution in [3.63, 3.8) is 0 Å². The normalized spacial score (nSPS) is 16.7. The topological polar surface area (TPSA) is 56.7 Å². The van der Waals surface area contributed by atoms with Crippen molar-refractivity contribution in [3.8, 4) is 0 Å². The van der Waals surface area contributed by atoms with Crippen molar-refractivity contribution in [1.29, 1.82) is 0 Å². The first-order valence-corrected chi connectivity index (χ1v) is 11.0. The van der Waals surface area contributed by atoms with E-state index in [-0.39, 0.29) is 5.91 Å². The average molecular weight is 407 g/mol. The van der Waals surface area contributed by atoms with Gasteiger partial charge >= 0.3 is 0 Å². The number of rotatable bonds is 9. The number of likely N-dealkylation sites (tertiary alicyclic amines) is 1. The van der Waals surface area contributed by atoms with Crippen LogP contribution in [0.3, 0.4) is 0 Å². The molecule has 1 aliphatic heterocycles. The maximum absolute atomic E-state index is 12.4. The zero-order valence-electron chi connectivity index (χ0n) is 18.2. The summed E-state index contributed by atoms with van der Waals surface area (Å²) in [5.41, 5.74) is 3.89. The molecule has 30 heavy (non-hydrogen) atoms. The molecule has 3 rings (SSSR count). The highest BCUT2D eigenvalue weighted by Gasteiger charge is 2.28. The Labute approximate surface area is 180 Å². The summed E-state index contributed by atoms with van der Waals surface area (Å²) in [6, 6.07) is 19.0. The van der Waals surface area contributed by atoms with E-state index in [1.165, 1.54) is 16.7 Å². The van der Waals surface area contributed by atoms with Gasteiger partial charge in [0.1, 0.15) is 0 Å². The molecular weight excluding hydrogens is 372 g/mol.